The Kier molecular flexibility index (Phi) is 3.29. The minimum Gasteiger partial charge on any atom is -0.346 e. The van der Waals surface area contributed by atoms with E-state index < -0.39 is 0 Å². The smallest absolute Gasteiger partial charge is 0.106 e. The zero-order chi connectivity index (χ0) is 8.97. The molecule has 0 aliphatic rings. The summed E-state index contributed by atoms with van der Waals surface area (Å²) >= 11 is 0. The standard InChI is InChI=1S/C9H17N3/c1-4-5-9-11-7(2)8(12-9)6-10-3/h10H,4-6H2,1-3H3,(H,11,12). The van der Waals surface area contributed by atoms with Crippen LogP contribution in [0.2, 0.25) is 0 Å². The molecule has 3 nitrogen and oxygen atoms in total. The predicted molar refractivity (Wildman–Crippen MR) is 50.1 cm³/mol. The van der Waals surface area contributed by atoms with Crippen LogP contribution in [0.5, 0.6) is 0 Å². The van der Waals surface area contributed by atoms with E-state index in [1.54, 1.807) is 0 Å². The highest BCUT2D eigenvalue weighted by molar-refractivity contribution is 5.12. The summed E-state index contributed by atoms with van der Waals surface area (Å²) in [6.45, 7) is 5.08. The molecule has 0 aromatic carbocycles. The third-order valence-corrected chi connectivity index (χ3v) is 1.87. The SMILES string of the molecule is CCCc1nc(CNC)c(C)[nH]1. The summed E-state index contributed by atoms with van der Waals surface area (Å²) in [7, 11) is 1.94. The third kappa shape index (κ3) is 2.08. The number of aryl methyl sites for hydroxylation is 2. The molecule has 1 aromatic rings. The molecule has 1 aromatic heterocycles. The number of aromatic amines is 1. The lowest BCUT2D eigenvalue weighted by Crippen LogP contribution is -2.06. The maximum absolute atomic E-state index is 4.47. The largest absolute Gasteiger partial charge is 0.346 e. The first-order valence-electron chi connectivity index (χ1n) is 4.46. The van der Waals surface area contributed by atoms with Crippen LogP contribution in [0.4, 0.5) is 0 Å². The summed E-state index contributed by atoms with van der Waals surface area (Å²) in [6.07, 6.45) is 2.19. The molecular formula is C9H17N3. The van der Waals surface area contributed by atoms with Gasteiger partial charge in [-0.05, 0) is 20.4 Å². The Labute approximate surface area is 73.6 Å². The molecule has 1 rings (SSSR count). The maximum atomic E-state index is 4.47. The lowest BCUT2D eigenvalue weighted by atomic mass is 10.3. The summed E-state index contributed by atoms with van der Waals surface area (Å²) in [4.78, 5) is 7.75. The number of nitrogens with one attached hydrogen (secondary N) is 2. The number of nitrogens with zero attached hydrogens (tertiary/aromatic N) is 1. The van der Waals surface area contributed by atoms with Crippen LogP contribution in [0.25, 0.3) is 0 Å². The first-order valence-corrected chi connectivity index (χ1v) is 4.46. The normalized spacial score (nSPS) is 10.6. The molecular weight excluding hydrogens is 150 g/mol. The average molecular weight is 167 g/mol. The molecule has 0 saturated carbocycles. The van der Waals surface area contributed by atoms with Gasteiger partial charge < -0.3 is 10.3 Å². The van der Waals surface area contributed by atoms with Gasteiger partial charge in [-0.2, -0.15) is 0 Å². The molecule has 0 saturated heterocycles. The van der Waals surface area contributed by atoms with Crippen LogP contribution in [-0.2, 0) is 13.0 Å². The van der Waals surface area contributed by atoms with Crippen molar-refractivity contribution >= 4 is 0 Å². The van der Waals surface area contributed by atoms with Gasteiger partial charge in [-0.1, -0.05) is 6.92 Å². The van der Waals surface area contributed by atoms with Crippen molar-refractivity contribution in [2.45, 2.75) is 33.2 Å². The van der Waals surface area contributed by atoms with E-state index in [0.29, 0.717) is 0 Å². The molecule has 0 atom stereocenters. The molecule has 3 heteroatoms. The lowest BCUT2D eigenvalue weighted by Gasteiger charge is -1.93. The highest BCUT2D eigenvalue weighted by Crippen LogP contribution is 2.05. The number of H-pyrrole nitrogens is 1. The van der Waals surface area contributed by atoms with E-state index in [9.17, 15) is 0 Å². The molecule has 0 fully saturated rings. The summed E-state index contributed by atoms with van der Waals surface area (Å²) in [6, 6.07) is 0. The Morgan fingerprint density at radius 3 is 2.83 bits per heavy atom. The Morgan fingerprint density at radius 2 is 2.25 bits per heavy atom. The summed E-state index contributed by atoms with van der Waals surface area (Å²) < 4.78 is 0. The van der Waals surface area contributed by atoms with Crippen molar-refractivity contribution in [1.29, 1.82) is 0 Å². The fourth-order valence-electron chi connectivity index (χ4n) is 1.26. The number of rotatable bonds is 4. The predicted octanol–water partition coefficient (Wildman–Crippen LogP) is 1.39. The quantitative estimate of drug-likeness (QED) is 0.711. The van der Waals surface area contributed by atoms with Crippen molar-refractivity contribution in [3.8, 4) is 0 Å². The Morgan fingerprint density at radius 1 is 1.50 bits per heavy atom. The van der Waals surface area contributed by atoms with E-state index in [0.717, 1.165) is 30.9 Å². The highest BCUT2D eigenvalue weighted by atomic mass is 15.0. The van der Waals surface area contributed by atoms with Crippen molar-refractivity contribution < 1.29 is 0 Å². The second-order valence-corrected chi connectivity index (χ2v) is 3.04. The number of imidazole rings is 1. The van der Waals surface area contributed by atoms with E-state index in [2.05, 4.69) is 29.1 Å². The van der Waals surface area contributed by atoms with Crippen LogP contribution in [0.3, 0.4) is 0 Å². The Balaban J connectivity index is 2.70. The van der Waals surface area contributed by atoms with Gasteiger partial charge in [0.2, 0.25) is 0 Å². The van der Waals surface area contributed by atoms with Gasteiger partial charge in [0.15, 0.2) is 0 Å². The monoisotopic (exact) mass is 167 g/mol. The van der Waals surface area contributed by atoms with Gasteiger partial charge in [0, 0.05) is 18.7 Å². The molecule has 0 aliphatic heterocycles. The van der Waals surface area contributed by atoms with Crippen LogP contribution in [0.1, 0.15) is 30.6 Å². The molecule has 2 N–H and O–H groups in total. The van der Waals surface area contributed by atoms with E-state index in [1.807, 2.05) is 7.05 Å². The first kappa shape index (κ1) is 9.26. The fourth-order valence-corrected chi connectivity index (χ4v) is 1.26. The lowest BCUT2D eigenvalue weighted by molar-refractivity contribution is 0.782. The molecule has 0 bridgehead atoms. The van der Waals surface area contributed by atoms with Crippen LogP contribution < -0.4 is 5.32 Å². The van der Waals surface area contributed by atoms with E-state index in [1.165, 1.54) is 5.69 Å². The summed E-state index contributed by atoms with van der Waals surface area (Å²) in [5.74, 6) is 1.11. The van der Waals surface area contributed by atoms with Crippen molar-refractivity contribution in [3.05, 3.63) is 17.2 Å². The number of hydrogen-bond donors (Lipinski definition) is 2. The number of aromatic nitrogens is 2. The molecule has 0 aliphatic carbocycles. The van der Waals surface area contributed by atoms with Crippen molar-refractivity contribution in [2.24, 2.45) is 0 Å². The molecule has 0 spiro atoms. The summed E-state index contributed by atoms with van der Waals surface area (Å²) in [5.41, 5.74) is 2.33. The van der Waals surface area contributed by atoms with Crippen LogP contribution in [-0.4, -0.2) is 17.0 Å². The minimum atomic E-state index is 0.853. The fraction of sp³-hybridized carbons (Fsp3) is 0.667. The van der Waals surface area contributed by atoms with Gasteiger partial charge in [-0.25, -0.2) is 4.98 Å². The summed E-state index contributed by atoms with van der Waals surface area (Å²) in [5, 5.41) is 3.10. The van der Waals surface area contributed by atoms with Crippen molar-refractivity contribution in [3.63, 3.8) is 0 Å². The molecule has 0 radical (unpaired) electrons. The number of hydrogen-bond acceptors (Lipinski definition) is 2. The van der Waals surface area contributed by atoms with Gasteiger partial charge >= 0.3 is 0 Å². The minimum absolute atomic E-state index is 0.853. The molecule has 0 amide bonds. The topological polar surface area (TPSA) is 40.7 Å². The van der Waals surface area contributed by atoms with Crippen molar-refractivity contribution in [1.82, 2.24) is 15.3 Å². The highest BCUT2D eigenvalue weighted by Gasteiger charge is 2.03. The van der Waals surface area contributed by atoms with E-state index in [4.69, 9.17) is 0 Å². The van der Waals surface area contributed by atoms with Gasteiger partial charge in [0.05, 0.1) is 5.69 Å². The molecule has 12 heavy (non-hydrogen) atoms. The molecule has 1 heterocycles. The molecule has 0 unspecified atom stereocenters. The second-order valence-electron chi connectivity index (χ2n) is 3.04. The Bertz CT molecular complexity index is 240. The van der Waals surface area contributed by atoms with Crippen LogP contribution in [0, 0.1) is 6.92 Å². The Hall–Kier alpha value is -0.830. The van der Waals surface area contributed by atoms with E-state index >= 15 is 0 Å². The van der Waals surface area contributed by atoms with Gasteiger partial charge in [-0.3, -0.25) is 0 Å². The van der Waals surface area contributed by atoms with Crippen molar-refractivity contribution in [2.75, 3.05) is 7.05 Å². The average Bonchev–Trinajstić information content (AvgIpc) is 2.34. The van der Waals surface area contributed by atoms with Gasteiger partial charge in [0.1, 0.15) is 5.82 Å². The van der Waals surface area contributed by atoms with E-state index in [-0.39, 0.29) is 0 Å². The third-order valence-electron chi connectivity index (χ3n) is 1.87. The second kappa shape index (κ2) is 4.26. The maximum Gasteiger partial charge on any atom is 0.106 e. The first-order chi connectivity index (χ1) is 5.77. The van der Waals surface area contributed by atoms with Crippen LogP contribution >= 0.6 is 0 Å². The zero-order valence-electron chi connectivity index (χ0n) is 8.07. The van der Waals surface area contributed by atoms with Gasteiger partial charge in [-0.15, -0.1) is 0 Å². The van der Waals surface area contributed by atoms with Crippen LogP contribution in [0.15, 0.2) is 0 Å². The zero-order valence-corrected chi connectivity index (χ0v) is 8.07. The molecule has 68 valence electrons. The van der Waals surface area contributed by atoms with Gasteiger partial charge in [0.25, 0.3) is 0 Å².